The Kier molecular flexibility index (Phi) is 5.08. The Morgan fingerprint density at radius 1 is 1.21 bits per heavy atom. The molecule has 1 aromatic carbocycles. The average Bonchev–Trinajstić information content (AvgIpc) is 2.56. The summed E-state index contributed by atoms with van der Waals surface area (Å²) < 4.78 is 0. The summed E-state index contributed by atoms with van der Waals surface area (Å²) in [7, 11) is 5.64. The molecule has 1 aromatic heterocycles. The fourth-order valence-electron chi connectivity index (χ4n) is 1.05. The minimum atomic E-state index is 0. The monoisotopic (exact) mass is 205 g/mol. The number of hydrogen-bond acceptors (Lipinski definition) is 4. The van der Waals surface area contributed by atoms with Gasteiger partial charge in [0, 0.05) is 0 Å². The van der Waals surface area contributed by atoms with Crippen LogP contribution in [-0.4, -0.2) is 23.8 Å². The zero-order valence-corrected chi connectivity index (χ0v) is 8.11. The molecule has 14 heavy (non-hydrogen) atoms. The Balaban J connectivity index is 0.000000845. The summed E-state index contributed by atoms with van der Waals surface area (Å²) in [5.41, 5.74) is 4.67. The third-order valence-electron chi connectivity index (χ3n) is 1.61. The van der Waals surface area contributed by atoms with Crippen LogP contribution in [0.2, 0.25) is 0 Å². The predicted molar refractivity (Wildman–Crippen MR) is 56.8 cm³/mol. The van der Waals surface area contributed by atoms with E-state index in [1.54, 1.807) is 11.3 Å². The van der Waals surface area contributed by atoms with E-state index in [-0.39, 0.29) is 11.0 Å². The van der Waals surface area contributed by atoms with Crippen molar-refractivity contribution in [1.82, 2.24) is 4.98 Å². The first-order chi connectivity index (χ1) is 5.86. The van der Waals surface area contributed by atoms with Crippen LogP contribution in [-0.2, 0) is 0 Å². The Bertz CT molecular complexity index is 378. The molecule has 0 unspecified atom stereocenters. The number of rotatable bonds is 1. The number of hydrogen-bond donors (Lipinski definition) is 0. The van der Waals surface area contributed by atoms with Gasteiger partial charge >= 0.3 is 76.0 Å². The van der Waals surface area contributed by atoms with Gasteiger partial charge in [0.05, 0.1) is 0 Å². The Morgan fingerprint density at radius 2 is 2.00 bits per heavy atom. The maximum Gasteiger partial charge on any atom is -0.870 e. The third-order valence-corrected chi connectivity index (χ3v) is 2.20. The largest absolute Gasteiger partial charge is 0.870 e. The van der Waals surface area contributed by atoms with Crippen molar-refractivity contribution in [1.29, 1.82) is 0 Å². The smallest absolute Gasteiger partial charge is 0.870 e. The van der Waals surface area contributed by atoms with Crippen molar-refractivity contribution in [2.45, 2.75) is 0 Å². The summed E-state index contributed by atoms with van der Waals surface area (Å²) in [6.45, 7) is 0. The van der Waals surface area contributed by atoms with E-state index in [1.807, 2.05) is 35.2 Å². The van der Waals surface area contributed by atoms with Gasteiger partial charge in [-0.25, -0.2) is 0 Å². The van der Waals surface area contributed by atoms with Gasteiger partial charge in [-0.1, -0.05) is 0 Å². The molecular formula is C9H8BNO2S. The second kappa shape index (κ2) is 5.54. The molecule has 70 valence electrons. The van der Waals surface area contributed by atoms with E-state index in [0.717, 1.165) is 16.7 Å². The van der Waals surface area contributed by atoms with Crippen LogP contribution in [0.3, 0.4) is 0 Å². The maximum atomic E-state index is 5.64. The summed E-state index contributed by atoms with van der Waals surface area (Å²) in [4.78, 5) is 4.19. The molecule has 0 fully saturated rings. The van der Waals surface area contributed by atoms with E-state index in [0.29, 0.717) is 0 Å². The number of nitrogens with zero attached hydrogens (tertiary/aromatic N) is 1. The second-order valence-corrected chi connectivity index (χ2v) is 3.22. The molecule has 0 aliphatic carbocycles. The fraction of sp³-hybridized carbons (Fsp3) is 0. The maximum absolute atomic E-state index is 5.64. The van der Waals surface area contributed by atoms with Crippen molar-refractivity contribution in [2.24, 2.45) is 0 Å². The average molecular weight is 205 g/mol. The molecule has 2 N–H and O–H groups in total. The van der Waals surface area contributed by atoms with Gasteiger partial charge in [-0.05, 0) is 0 Å². The Morgan fingerprint density at radius 3 is 2.57 bits per heavy atom. The SMILES string of the molecule is [B+2]c1cccc(-c2cscn2)c1.[OH-].[OH-]. The molecule has 0 amide bonds. The fourth-order valence-corrected chi connectivity index (χ4v) is 1.61. The molecule has 0 aliphatic rings. The van der Waals surface area contributed by atoms with Crippen LogP contribution in [0.1, 0.15) is 0 Å². The minimum Gasteiger partial charge on any atom is -0.870 e. The van der Waals surface area contributed by atoms with Gasteiger partial charge in [-0.15, -0.1) is 0 Å². The normalized spacial score (nSPS) is 8.71. The van der Waals surface area contributed by atoms with Gasteiger partial charge in [-0.3, -0.25) is 0 Å². The van der Waals surface area contributed by atoms with E-state index in [1.165, 1.54) is 0 Å². The molecule has 3 nitrogen and oxygen atoms in total. The van der Waals surface area contributed by atoms with Gasteiger partial charge in [0.2, 0.25) is 0 Å². The van der Waals surface area contributed by atoms with E-state index in [2.05, 4.69) is 4.98 Å². The standard InChI is InChI=1S/C9H6BNS.2H2O/c10-8-3-1-2-7(4-8)9-5-12-6-11-9;;/h1-6H;2*1H2/q+2;;/p-2. The zero-order chi connectivity index (χ0) is 8.39. The molecule has 0 radical (unpaired) electrons. The summed E-state index contributed by atoms with van der Waals surface area (Å²) in [6, 6.07) is 7.74. The summed E-state index contributed by atoms with van der Waals surface area (Å²) in [5.74, 6) is 0. The molecule has 0 spiro atoms. The summed E-state index contributed by atoms with van der Waals surface area (Å²) in [6.07, 6.45) is 0. The first-order valence-corrected chi connectivity index (χ1v) is 4.54. The number of aromatic nitrogens is 1. The van der Waals surface area contributed by atoms with Crippen LogP contribution >= 0.6 is 11.3 Å². The van der Waals surface area contributed by atoms with E-state index < -0.39 is 0 Å². The van der Waals surface area contributed by atoms with Crippen molar-refractivity contribution in [2.75, 3.05) is 0 Å². The molecular weight excluding hydrogens is 197 g/mol. The van der Waals surface area contributed by atoms with Crippen LogP contribution < -0.4 is 5.46 Å². The summed E-state index contributed by atoms with van der Waals surface area (Å²) in [5, 5.41) is 2.01. The van der Waals surface area contributed by atoms with Gasteiger partial charge in [-0.2, -0.15) is 0 Å². The van der Waals surface area contributed by atoms with Crippen molar-refractivity contribution in [3.05, 3.63) is 35.2 Å². The predicted octanol–water partition coefficient (Wildman–Crippen LogP) is 1.25. The van der Waals surface area contributed by atoms with Crippen LogP contribution in [0.25, 0.3) is 11.3 Å². The molecule has 0 atom stereocenters. The number of benzene rings is 1. The van der Waals surface area contributed by atoms with Crippen molar-refractivity contribution >= 4 is 24.6 Å². The topological polar surface area (TPSA) is 72.9 Å². The van der Waals surface area contributed by atoms with Gasteiger partial charge in [0.1, 0.15) is 0 Å². The third kappa shape index (κ3) is 2.66. The van der Waals surface area contributed by atoms with E-state index in [4.69, 9.17) is 7.85 Å². The molecule has 0 saturated heterocycles. The van der Waals surface area contributed by atoms with E-state index >= 15 is 0 Å². The Labute approximate surface area is 87.5 Å². The molecule has 2 rings (SSSR count). The molecule has 0 saturated carbocycles. The first-order valence-electron chi connectivity index (χ1n) is 3.60. The van der Waals surface area contributed by atoms with Gasteiger partial charge in [0.25, 0.3) is 0 Å². The van der Waals surface area contributed by atoms with Crippen molar-refractivity contribution in [3.63, 3.8) is 0 Å². The summed E-state index contributed by atoms with van der Waals surface area (Å²) >= 11 is 1.59. The molecule has 5 heteroatoms. The van der Waals surface area contributed by atoms with Crippen LogP contribution in [0.4, 0.5) is 0 Å². The zero-order valence-electron chi connectivity index (χ0n) is 7.29. The second-order valence-electron chi connectivity index (χ2n) is 2.50. The molecule has 0 bridgehead atoms. The number of thiazole rings is 1. The van der Waals surface area contributed by atoms with Gasteiger partial charge < -0.3 is 11.0 Å². The first kappa shape index (κ1) is 12.8. The van der Waals surface area contributed by atoms with Crippen LogP contribution in [0, 0.1) is 0 Å². The minimum absolute atomic E-state index is 0. The van der Waals surface area contributed by atoms with Gasteiger partial charge in [0.15, 0.2) is 0 Å². The van der Waals surface area contributed by atoms with Crippen molar-refractivity contribution < 1.29 is 11.0 Å². The molecule has 2 aromatic rings. The van der Waals surface area contributed by atoms with E-state index in [9.17, 15) is 0 Å². The molecule has 1 heterocycles. The van der Waals surface area contributed by atoms with Crippen LogP contribution in [0.15, 0.2) is 35.2 Å². The van der Waals surface area contributed by atoms with Crippen LogP contribution in [0.5, 0.6) is 0 Å². The quantitative estimate of drug-likeness (QED) is 0.657. The molecule has 0 aliphatic heterocycles. The van der Waals surface area contributed by atoms with Crippen molar-refractivity contribution in [3.8, 4) is 11.3 Å². The Hall–Kier alpha value is -1.17.